The third-order valence-electron chi connectivity index (χ3n) is 6.59. The average molecular weight is 398 g/mol. The molecule has 0 unspecified atom stereocenters. The number of hydrogen-bond acceptors (Lipinski definition) is 3. The molecule has 30 heavy (non-hydrogen) atoms. The standard InChI is InChI=1S/C27H27NO2/c28-26(16-19-10-7-9-18-8-1-2-11-20(18)19)27(29)30-17-25-23-14-5-3-12-21(23)22-13-4-6-15-24(22)25/h3-7,9-10,12-15,25-26H,1-2,8,11,16-17,28H2/t26-/m0/s1. The number of esters is 1. The van der Waals surface area contributed by atoms with Crippen LogP contribution in [0.5, 0.6) is 0 Å². The Labute approximate surface area is 177 Å². The van der Waals surface area contributed by atoms with Crippen molar-refractivity contribution in [2.75, 3.05) is 6.61 Å². The zero-order valence-corrected chi connectivity index (χ0v) is 17.1. The van der Waals surface area contributed by atoms with Crippen molar-refractivity contribution in [3.8, 4) is 11.1 Å². The summed E-state index contributed by atoms with van der Waals surface area (Å²) < 4.78 is 5.75. The first-order chi connectivity index (χ1) is 14.7. The van der Waals surface area contributed by atoms with Crippen LogP contribution in [-0.4, -0.2) is 18.6 Å². The van der Waals surface area contributed by atoms with Crippen molar-refractivity contribution in [2.45, 2.75) is 44.1 Å². The predicted molar refractivity (Wildman–Crippen MR) is 119 cm³/mol. The van der Waals surface area contributed by atoms with E-state index in [1.807, 2.05) is 12.1 Å². The van der Waals surface area contributed by atoms with Gasteiger partial charge in [-0.05, 0) is 71.0 Å². The smallest absolute Gasteiger partial charge is 0.323 e. The Bertz CT molecular complexity index is 1040. The van der Waals surface area contributed by atoms with E-state index in [4.69, 9.17) is 10.5 Å². The van der Waals surface area contributed by atoms with Gasteiger partial charge in [-0.25, -0.2) is 0 Å². The van der Waals surface area contributed by atoms with E-state index in [-0.39, 0.29) is 11.9 Å². The Kier molecular flexibility index (Phi) is 5.14. The Morgan fingerprint density at radius 2 is 1.57 bits per heavy atom. The summed E-state index contributed by atoms with van der Waals surface area (Å²) in [4.78, 5) is 12.7. The number of carbonyl (C=O) groups is 1. The number of benzene rings is 3. The van der Waals surface area contributed by atoms with E-state index in [2.05, 4.69) is 54.6 Å². The quantitative estimate of drug-likeness (QED) is 0.630. The lowest BCUT2D eigenvalue weighted by atomic mass is 9.86. The van der Waals surface area contributed by atoms with Gasteiger partial charge in [0.15, 0.2) is 0 Å². The van der Waals surface area contributed by atoms with Crippen LogP contribution >= 0.6 is 0 Å². The molecule has 3 aromatic rings. The van der Waals surface area contributed by atoms with Crippen molar-refractivity contribution < 1.29 is 9.53 Å². The minimum Gasteiger partial charge on any atom is -0.464 e. The number of nitrogens with two attached hydrogens (primary N) is 1. The fourth-order valence-electron chi connectivity index (χ4n) is 5.08. The van der Waals surface area contributed by atoms with Crippen LogP contribution in [0.25, 0.3) is 11.1 Å². The molecule has 2 aliphatic rings. The van der Waals surface area contributed by atoms with Gasteiger partial charge in [-0.15, -0.1) is 0 Å². The molecule has 152 valence electrons. The molecule has 0 aromatic heterocycles. The maximum atomic E-state index is 12.7. The van der Waals surface area contributed by atoms with E-state index in [1.54, 1.807) is 0 Å². The number of fused-ring (bicyclic) bond motifs is 4. The lowest BCUT2D eigenvalue weighted by Gasteiger charge is -2.21. The van der Waals surface area contributed by atoms with Gasteiger partial charge in [0.1, 0.15) is 12.6 Å². The lowest BCUT2D eigenvalue weighted by Crippen LogP contribution is -2.35. The summed E-state index contributed by atoms with van der Waals surface area (Å²) in [5.41, 5.74) is 15.2. The molecule has 0 aliphatic heterocycles. The summed E-state index contributed by atoms with van der Waals surface area (Å²) >= 11 is 0. The summed E-state index contributed by atoms with van der Waals surface area (Å²) in [6, 6.07) is 22.5. The normalized spacial score (nSPS) is 15.8. The molecule has 3 aromatic carbocycles. The van der Waals surface area contributed by atoms with E-state index in [0.717, 1.165) is 12.8 Å². The largest absolute Gasteiger partial charge is 0.464 e. The van der Waals surface area contributed by atoms with E-state index in [1.165, 1.54) is 51.8 Å². The fraction of sp³-hybridized carbons (Fsp3) is 0.296. The molecule has 0 amide bonds. The Morgan fingerprint density at radius 3 is 2.30 bits per heavy atom. The summed E-state index contributed by atoms with van der Waals surface area (Å²) in [5, 5.41) is 0. The SMILES string of the molecule is N[C@@H](Cc1cccc2c1CCCC2)C(=O)OCC1c2ccccc2-c2ccccc21. The first-order valence-electron chi connectivity index (χ1n) is 10.9. The second-order valence-electron chi connectivity index (χ2n) is 8.43. The van der Waals surface area contributed by atoms with Crippen molar-refractivity contribution in [1.82, 2.24) is 0 Å². The Morgan fingerprint density at radius 1 is 0.900 bits per heavy atom. The summed E-state index contributed by atoms with van der Waals surface area (Å²) in [5.74, 6) is -0.247. The molecule has 0 saturated carbocycles. The summed E-state index contributed by atoms with van der Waals surface area (Å²) in [7, 11) is 0. The van der Waals surface area contributed by atoms with Gasteiger partial charge in [-0.1, -0.05) is 66.7 Å². The topological polar surface area (TPSA) is 52.3 Å². The molecule has 3 nitrogen and oxygen atoms in total. The van der Waals surface area contributed by atoms with Crippen LogP contribution < -0.4 is 5.73 Å². The minimum absolute atomic E-state index is 0.0676. The molecular formula is C27H27NO2. The van der Waals surface area contributed by atoms with Gasteiger partial charge >= 0.3 is 5.97 Å². The number of ether oxygens (including phenoxy) is 1. The second kappa shape index (κ2) is 8.08. The molecule has 0 radical (unpaired) electrons. The molecule has 2 aliphatic carbocycles. The maximum Gasteiger partial charge on any atom is 0.323 e. The fourth-order valence-corrected chi connectivity index (χ4v) is 5.08. The van der Waals surface area contributed by atoms with Crippen LogP contribution in [-0.2, 0) is 28.8 Å². The zero-order valence-electron chi connectivity index (χ0n) is 17.1. The minimum atomic E-state index is -0.634. The Balaban J connectivity index is 1.29. The molecular weight excluding hydrogens is 370 g/mol. The van der Waals surface area contributed by atoms with Gasteiger partial charge in [-0.3, -0.25) is 4.79 Å². The average Bonchev–Trinajstić information content (AvgIpc) is 3.11. The number of aryl methyl sites for hydroxylation is 1. The Hall–Kier alpha value is -2.91. The third-order valence-corrected chi connectivity index (χ3v) is 6.59. The molecule has 2 N–H and O–H groups in total. The molecule has 1 atom stereocenters. The molecule has 5 rings (SSSR count). The molecule has 0 bridgehead atoms. The predicted octanol–water partition coefficient (Wildman–Crippen LogP) is 4.79. The van der Waals surface area contributed by atoms with Crippen LogP contribution in [0.3, 0.4) is 0 Å². The first-order valence-corrected chi connectivity index (χ1v) is 10.9. The van der Waals surface area contributed by atoms with Crippen molar-refractivity contribution in [2.24, 2.45) is 5.73 Å². The lowest BCUT2D eigenvalue weighted by molar-refractivity contribution is -0.145. The molecule has 0 heterocycles. The third kappa shape index (κ3) is 3.44. The number of carbonyl (C=O) groups excluding carboxylic acids is 1. The van der Waals surface area contributed by atoms with Gasteiger partial charge in [0.05, 0.1) is 0 Å². The zero-order chi connectivity index (χ0) is 20.5. The highest BCUT2D eigenvalue weighted by Gasteiger charge is 2.30. The van der Waals surface area contributed by atoms with E-state index >= 15 is 0 Å². The van der Waals surface area contributed by atoms with E-state index in [0.29, 0.717) is 13.0 Å². The van der Waals surface area contributed by atoms with Crippen molar-refractivity contribution in [3.63, 3.8) is 0 Å². The number of hydrogen-bond donors (Lipinski definition) is 1. The molecule has 0 fully saturated rings. The van der Waals surface area contributed by atoms with Crippen LogP contribution in [0, 0.1) is 0 Å². The van der Waals surface area contributed by atoms with E-state index < -0.39 is 6.04 Å². The van der Waals surface area contributed by atoms with Gasteiger partial charge in [0, 0.05) is 5.92 Å². The molecule has 3 heteroatoms. The van der Waals surface area contributed by atoms with Crippen LogP contribution in [0.1, 0.15) is 46.6 Å². The van der Waals surface area contributed by atoms with Crippen molar-refractivity contribution in [3.05, 3.63) is 94.5 Å². The van der Waals surface area contributed by atoms with Gasteiger partial charge < -0.3 is 10.5 Å². The first kappa shape index (κ1) is 19.1. The summed E-state index contributed by atoms with van der Waals surface area (Å²) in [6.07, 6.45) is 5.21. The monoisotopic (exact) mass is 397 g/mol. The van der Waals surface area contributed by atoms with Crippen molar-refractivity contribution in [1.29, 1.82) is 0 Å². The van der Waals surface area contributed by atoms with E-state index in [9.17, 15) is 4.79 Å². The summed E-state index contributed by atoms with van der Waals surface area (Å²) in [6.45, 7) is 0.327. The molecule has 0 spiro atoms. The van der Waals surface area contributed by atoms with Gasteiger partial charge in [0.2, 0.25) is 0 Å². The van der Waals surface area contributed by atoms with Crippen molar-refractivity contribution >= 4 is 5.97 Å². The maximum absolute atomic E-state index is 12.7. The van der Waals surface area contributed by atoms with Gasteiger partial charge in [0.25, 0.3) is 0 Å². The van der Waals surface area contributed by atoms with Crippen LogP contribution in [0.15, 0.2) is 66.7 Å². The van der Waals surface area contributed by atoms with Crippen LogP contribution in [0.2, 0.25) is 0 Å². The highest BCUT2D eigenvalue weighted by Crippen LogP contribution is 2.44. The highest BCUT2D eigenvalue weighted by molar-refractivity contribution is 5.80. The highest BCUT2D eigenvalue weighted by atomic mass is 16.5. The second-order valence-corrected chi connectivity index (χ2v) is 8.43. The van der Waals surface area contributed by atoms with Gasteiger partial charge in [-0.2, -0.15) is 0 Å². The van der Waals surface area contributed by atoms with Crippen LogP contribution in [0.4, 0.5) is 0 Å². The molecule has 0 saturated heterocycles. The number of rotatable bonds is 5.